The second kappa shape index (κ2) is 9.53. The first-order valence-electron chi connectivity index (χ1n) is 8.79. The van der Waals surface area contributed by atoms with E-state index < -0.39 is 10.0 Å². The van der Waals surface area contributed by atoms with Gasteiger partial charge in [-0.3, -0.25) is 9.10 Å². The van der Waals surface area contributed by atoms with Gasteiger partial charge in [0.2, 0.25) is 5.91 Å². The van der Waals surface area contributed by atoms with Crippen LogP contribution in [0.2, 0.25) is 0 Å². The molecular formula is C20H26N2O4S. The average Bonchev–Trinajstić information content (AvgIpc) is 2.67. The minimum atomic E-state index is -3.87. The molecule has 7 heteroatoms. The van der Waals surface area contributed by atoms with Gasteiger partial charge in [-0.05, 0) is 35.7 Å². The van der Waals surface area contributed by atoms with Crippen LogP contribution >= 0.6 is 0 Å². The van der Waals surface area contributed by atoms with Crippen molar-refractivity contribution in [2.75, 3.05) is 31.1 Å². The molecule has 0 heterocycles. The lowest BCUT2D eigenvalue weighted by Crippen LogP contribution is -2.41. The highest BCUT2D eigenvalue weighted by atomic mass is 32.2. The Hall–Kier alpha value is -2.38. The molecule has 0 aromatic heterocycles. The summed E-state index contributed by atoms with van der Waals surface area (Å²) in [5.41, 5.74) is 1.55. The van der Waals surface area contributed by atoms with Gasteiger partial charge in [0, 0.05) is 13.7 Å². The molecule has 2 aromatic rings. The number of carbonyl (C=O) groups is 1. The van der Waals surface area contributed by atoms with E-state index in [0.717, 1.165) is 9.87 Å². The molecular weight excluding hydrogens is 364 g/mol. The van der Waals surface area contributed by atoms with E-state index in [9.17, 15) is 13.2 Å². The van der Waals surface area contributed by atoms with Crippen molar-refractivity contribution in [3.8, 4) is 0 Å². The molecule has 0 spiro atoms. The summed E-state index contributed by atoms with van der Waals surface area (Å²) in [6.45, 7) is 4.51. The number of methoxy groups -OCH3 is 1. The first-order chi connectivity index (χ1) is 12.9. The summed E-state index contributed by atoms with van der Waals surface area (Å²) in [5.74, 6) is -0.0601. The highest BCUT2D eigenvalue weighted by molar-refractivity contribution is 7.92. The normalized spacial score (nSPS) is 11.4. The number of carbonyl (C=O) groups excluding carboxylic acids is 1. The molecule has 6 nitrogen and oxygen atoms in total. The van der Waals surface area contributed by atoms with Gasteiger partial charge >= 0.3 is 0 Å². The predicted molar refractivity (Wildman–Crippen MR) is 106 cm³/mol. The Morgan fingerprint density at radius 2 is 1.70 bits per heavy atom. The number of hydrogen-bond acceptors (Lipinski definition) is 4. The van der Waals surface area contributed by atoms with Gasteiger partial charge in [-0.1, -0.05) is 44.2 Å². The summed E-state index contributed by atoms with van der Waals surface area (Å²) in [7, 11) is -2.34. The fraction of sp³-hybridized carbons (Fsp3) is 0.350. The maximum Gasteiger partial charge on any atom is 0.264 e. The molecule has 2 rings (SSSR count). The van der Waals surface area contributed by atoms with Crippen LogP contribution in [0.3, 0.4) is 0 Å². The molecule has 1 amide bonds. The van der Waals surface area contributed by atoms with Crippen molar-refractivity contribution in [3.63, 3.8) is 0 Å². The van der Waals surface area contributed by atoms with E-state index in [1.165, 1.54) is 19.2 Å². The molecule has 1 N–H and O–H groups in total. The summed E-state index contributed by atoms with van der Waals surface area (Å²) in [5, 5.41) is 2.67. The smallest absolute Gasteiger partial charge is 0.264 e. The van der Waals surface area contributed by atoms with Gasteiger partial charge < -0.3 is 10.1 Å². The summed E-state index contributed by atoms with van der Waals surface area (Å²) in [6.07, 6.45) is 0. The minimum absolute atomic E-state index is 0.141. The van der Waals surface area contributed by atoms with Crippen molar-refractivity contribution >= 4 is 21.6 Å². The van der Waals surface area contributed by atoms with Crippen LogP contribution in [-0.2, 0) is 19.6 Å². The lowest BCUT2D eigenvalue weighted by atomic mass is 10.0. The Morgan fingerprint density at radius 1 is 1.07 bits per heavy atom. The number of ether oxygens (including phenoxy) is 1. The fourth-order valence-corrected chi connectivity index (χ4v) is 3.98. The first kappa shape index (κ1) is 20.9. The third-order valence-corrected chi connectivity index (χ3v) is 5.88. The van der Waals surface area contributed by atoms with E-state index >= 15 is 0 Å². The Kier molecular flexibility index (Phi) is 7.38. The van der Waals surface area contributed by atoms with Gasteiger partial charge in [0.15, 0.2) is 0 Å². The van der Waals surface area contributed by atoms with Crippen LogP contribution in [0.5, 0.6) is 0 Å². The molecule has 146 valence electrons. The van der Waals surface area contributed by atoms with Gasteiger partial charge in [-0.15, -0.1) is 0 Å². The molecule has 0 radical (unpaired) electrons. The van der Waals surface area contributed by atoms with Gasteiger partial charge in [-0.2, -0.15) is 0 Å². The van der Waals surface area contributed by atoms with Crippen LogP contribution in [0.15, 0.2) is 59.5 Å². The molecule has 0 atom stereocenters. The van der Waals surface area contributed by atoms with E-state index in [0.29, 0.717) is 24.8 Å². The molecule has 0 aliphatic carbocycles. The van der Waals surface area contributed by atoms with Crippen LogP contribution in [0, 0.1) is 0 Å². The van der Waals surface area contributed by atoms with Gasteiger partial charge in [0.05, 0.1) is 17.2 Å². The maximum atomic E-state index is 13.1. The first-order valence-corrected chi connectivity index (χ1v) is 10.2. The molecule has 0 aliphatic heterocycles. The van der Waals surface area contributed by atoms with E-state index in [2.05, 4.69) is 19.2 Å². The highest BCUT2D eigenvalue weighted by Crippen LogP contribution is 2.25. The summed E-state index contributed by atoms with van der Waals surface area (Å²) >= 11 is 0. The Morgan fingerprint density at radius 3 is 2.26 bits per heavy atom. The quantitative estimate of drug-likeness (QED) is 0.668. The topological polar surface area (TPSA) is 75.7 Å². The number of nitrogens with one attached hydrogen (secondary N) is 1. The number of amides is 1. The number of hydrogen-bond donors (Lipinski definition) is 1. The Bertz CT molecular complexity index is 834. The predicted octanol–water partition coefficient (Wildman–Crippen LogP) is 2.77. The number of benzene rings is 2. The van der Waals surface area contributed by atoms with Gasteiger partial charge in [0.25, 0.3) is 10.0 Å². The lowest BCUT2D eigenvalue weighted by Gasteiger charge is -2.24. The zero-order chi connectivity index (χ0) is 19.9. The molecule has 0 saturated heterocycles. The largest absolute Gasteiger partial charge is 0.383 e. The van der Waals surface area contributed by atoms with Crippen molar-refractivity contribution in [2.24, 2.45) is 0 Å². The minimum Gasteiger partial charge on any atom is -0.383 e. The number of sulfonamides is 1. The molecule has 0 bridgehead atoms. The van der Waals surface area contributed by atoms with Crippen molar-refractivity contribution in [2.45, 2.75) is 24.7 Å². The summed E-state index contributed by atoms with van der Waals surface area (Å²) < 4.78 is 32.3. The second-order valence-electron chi connectivity index (χ2n) is 6.41. The molecule has 0 fully saturated rings. The van der Waals surface area contributed by atoms with Crippen LogP contribution in [0.25, 0.3) is 0 Å². The molecule has 27 heavy (non-hydrogen) atoms. The number of nitrogens with zero attached hydrogens (tertiary/aromatic N) is 1. The summed E-state index contributed by atoms with van der Waals surface area (Å²) in [4.78, 5) is 12.4. The molecule has 0 saturated carbocycles. The Balaban J connectivity index is 2.35. The fourth-order valence-electron chi connectivity index (χ4n) is 2.54. The molecule has 2 aromatic carbocycles. The van der Waals surface area contributed by atoms with Crippen molar-refractivity contribution in [3.05, 3.63) is 60.2 Å². The van der Waals surface area contributed by atoms with E-state index in [-0.39, 0.29) is 17.3 Å². The molecule has 0 unspecified atom stereocenters. The highest BCUT2D eigenvalue weighted by Gasteiger charge is 2.27. The van der Waals surface area contributed by atoms with E-state index in [4.69, 9.17) is 4.74 Å². The monoisotopic (exact) mass is 390 g/mol. The van der Waals surface area contributed by atoms with Crippen molar-refractivity contribution in [1.82, 2.24) is 5.32 Å². The molecule has 0 aliphatic rings. The van der Waals surface area contributed by atoms with Crippen LogP contribution in [0.4, 0.5) is 5.69 Å². The van der Waals surface area contributed by atoms with E-state index in [1.807, 2.05) is 12.1 Å². The van der Waals surface area contributed by atoms with Crippen molar-refractivity contribution in [1.29, 1.82) is 0 Å². The van der Waals surface area contributed by atoms with Crippen LogP contribution in [0.1, 0.15) is 25.3 Å². The third kappa shape index (κ3) is 5.55. The maximum absolute atomic E-state index is 13.1. The second-order valence-corrected chi connectivity index (χ2v) is 8.28. The van der Waals surface area contributed by atoms with Crippen LogP contribution < -0.4 is 9.62 Å². The van der Waals surface area contributed by atoms with Crippen molar-refractivity contribution < 1.29 is 17.9 Å². The summed E-state index contributed by atoms with van der Waals surface area (Å²) in [6, 6.07) is 15.3. The van der Waals surface area contributed by atoms with Crippen LogP contribution in [-0.4, -0.2) is 41.1 Å². The lowest BCUT2D eigenvalue weighted by molar-refractivity contribution is -0.119. The zero-order valence-electron chi connectivity index (χ0n) is 15.9. The zero-order valence-corrected chi connectivity index (χ0v) is 16.7. The SMILES string of the molecule is COCCNC(=O)CN(c1ccc(C(C)C)cc1)S(=O)(=O)c1ccccc1. The third-order valence-electron chi connectivity index (χ3n) is 4.09. The number of anilines is 1. The number of rotatable bonds is 9. The Labute approximate surface area is 161 Å². The average molecular weight is 391 g/mol. The van der Waals surface area contributed by atoms with Gasteiger partial charge in [0.1, 0.15) is 6.54 Å². The van der Waals surface area contributed by atoms with E-state index in [1.54, 1.807) is 30.3 Å². The van der Waals surface area contributed by atoms with Gasteiger partial charge in [-0.25, -0.2) is 8.42 Å². The standard InChI is InChI=1S/C20H26N2O4S/c1-16(2)17-9-11-18(12-10-17)22(15-20(23)21-13-14-26-3)27(24,25)19-7-5-4-6-8-19/h4-12,16H,13-15H2,1-3H3,(H,21,23).